The van der Waals surface area contributed by atoms with E-state index in [1.54, 1.807) is 24.4 Å². The third kappa shape index (κ3) is 4.41. The number of carbonyl (C=O) groups excluding carboxylic acids is 1. The zero-order chi connectivity index (χ0) is 17.6. The Morgan fingerprint density at radius 2 is 1.88 bits per heavy atom. The summed E-state index contributed by atoms with van der Waals surface area (Å²) in [6.45, 7) is 2.39. The molecule has 0 spiro atoms. The first-order valence-electron chi connectivity index (χ1n) is 7.92. The van der Waals surface area contributed by atoms with Gasteiger partial charge in [0.1, 0.15) is 11.6 Å². The minimum Gasteiger partial charge on any atom is -0.348 e. The predicted molar refractivity (Wildman–Crippen MR) is 95.6 cm³/mol. The molecule has 3 rings (SSSR count). The predicted octanol–water partition coefficient (Wildman–Crippen LogP) is 3.65. The molecule has 0 bridgehead atoms. The molecule has 0 aliphatic carbocycles. The maximum absolute atomic E-state index is 12.8. The zero-order valence-corrected chi connectivity index (χ0v) is 13.8. The van der Waals surface area contributed by atoms with Crippen molar-refractivity contribution in [3.63, 3.8) is 0 Å². The average molecular weight is 335 g/mol. The van der Waals surface area contributed by atoms with Crippen molar-refractivity contribution in [3.05, 3.63) is 89.8 Å². The van der Waals surface area contributed by atoms with Crippen molar-refractivity contribution < 1.29 is 9.18 Å². The Morgan fingerprint density at radius 3 is 2.52 bits per heavy atom. The van der Waals surface area contributed by atoms with Crippen LogP contribution in [0.5, 0.6) is 0 Å². The Balaban J connectivity index is 1.55. The fraction of sp³-hybridized carbons (Fsp3) is 0.100. The molecule has 4 nitrogen and oxygen atoms in total. The smallest absolute Gasteiger partial charge is 0.244 e. The summed E-state index contributed by atoms with van der Waals surface area (Å²) < 4.78 is 14.8. The van der Waals surface area contributed by atoms with Gasteiger partial charge in [0, 0.05) is 30.7 Å². The minimum atomic E-state index is -0.295. The van der Waals surface area contributed by atoms with Gasteiger partial charge in [0.2, 0.25) is 5.91 Å². The van der Waals surface area contributed by atoms with Crippen molar-refractivity contribution in [2.45, 2.75) is 13.5 Å². The molecule has 0 unspecified atom stereocenters. The Bertz CT molecular complexity index is 880. The second-order valence-corrected chi connectivity index (χ2v) is 5.61. The summed E-state index contributed by atoms with van der Waals surface area (Å²) in [5.41, 5.74) is 2.81. The molecule has 0 aliphatic rings. The number of amides is 1. The van der Waals surface area contributed by atoms with Crippen LogP contribution in [0.3, 0.4) is 0 Å². The van der Waals surface area contributed by atoms with E-state index in [9.17, 15) is 9.18 Å². The summed E-state index contributed by atoms with van der Waals surface area (Å²) >= 11 is 0. The van der Waals surface area contributed by atoms with Crippen LogP contribution < -0.4 is 5.32 Å². The highest BCUT2D eigenvalue weighted by molar-refractivity contribution is 5.91. The molecule has 0 fully saturated rings. The van der Waals surface area contributed by atoms with E-state index in [0.29, 0.717) is 6.54 Å². The third-order valence-electron chi connectivity index (χ3n) is 3.80. The van der Waals surface area contributed by atoms with Gasteiger partial charge in [-0.2, -0.15) is 0 Å². The van der Waals surface area contributed by atoms with Crippen molar-refractivity contribution in [2.75, 3.05) is 0 Å². The molecule has 2 aromatic carbocycles. The minimum absolute atomic E-state index is 0.196. The van der Waals surface area contributed by atoms with Crippen molar-refractivity contribution in [3.8, 4) is 5.69 Å². The molecule has 5 heteroatoms. The van der Waals surface area contributed by atoms with Crippen LogP contribution in [0.2, 0.25) is 0 Å². The number of hydrogen-bond donors (Lipinski definition) is 1. The summed E-state index contributed by atoms with van der Waals surface area (Å²) in [6.07, 6.45) is 6.76. The summed E-state index contributed by atoms with van der Waals surface area (Å²) in [6, 6.07) is 13.9. The fourth-order valence-corrected chi connectivity index (χ4v) is 2.42. The van der Waals surface area contributed by atoms with E-state index in [4.69, 9.17) is 0 Å². The number of rotatable bonds is 5. The van der Waals surface area contributed by atoms with E-state index < -0.39 is 0 Å². The van der Waals surface area contributed by atoms with Gasteiger partial charge in [-0.15, -0.1) is 0 Å². The van der Waals surface area contributed by atoms with E-state index in [1.807, 2.05) is 42.0 Å². The summed E-state index contributed by atoms with van der Waals surface area (Å²) in [7, 11) is 0. The number of hydrogen-bond acceptors (Lipinski definition) is 2. The number of aryl methyl sites for hydroxylation is 1. The van der Waals surface area contributed by atoms with Crippen LogP contribution in [0.4, 0.5) is 4.39 Å². The van der Waals surface area contributed by atoms with Crippen molar-refractivity contribution >= 4 is 12.0 Å². The van der Waals surface area contributed by atoms with E-state index in [0.717, 1.165) is 22.6 Å². The number of nitrogens with zero attached hydrogens (tertiary/aromatic N) is 2. The Labute approximate surface area is 145 Å². The van der Waals surface area contributed by atoms with E-state index in [1.165, 1.54) is 18.2 Å². The highest BCUT2D eigenvalue weighted by atomic mass is 19.1. The second-order valence-electron chi connectivity index (χ2n) is 5.61. The Hall–Kier alpha value is -3.21. The maximum Gasteiger partial charge on any atom is 0.244 e. The number of imidazole rings is 1. The summed E-state index contributed by atoms with van der Waals surface area (Å²) in [5, 5.41) is 2.83. The first-order chi connectivity index (χ1) is 12.1. The molecule has 0 atom stereocenters. The van der Waals surface area contributed by atoms with Crippen molar-refractivity contribution in [1.82, 2.24) is 14.9 Å². The first kappa shape index (κ1) is 16.6. The van der Waals surface area contributed by atoms with Crippen LogP contribution in [0.15, 0.2) is 67.0 Å². The topological polar surface area (TPSA) is 46.9 Å². The van der Waals surface area contributed by atoms with Gasteiger partial charge in [-0.05, 0) is 48.4 Å². The van der Waals surface area contributed by atoms with Crippen LogP contribution in [-0.4, -0.2) is 15.5 Å². The molecule has 0 aliphatic heterocycles. The monoisotopic (exact) mass is 335 g/mol. The lowest BCUT2D eigenvalue weighted by molar-refractivity contribution is -0.116. The second kappa shape index (κ2) is 7.57. The lowest BCUT2D eigenvalue weighted by Gasteiger charge is -2.07. The van der Waals surface area contributed by atoms with Gasteiger partial charge in [-0.25, -0.2) is 9.37 Å². The van der Waals surface area contributed by atoms with Gasteiger partial charge in [-0.1, -0.05) is 24.3 Å². The lowest BCUT2D eigenvalue weighted by atomic mass is 10.2. The largest absolute Gasteiger partial charge is 0.348 e. The lowest BCUT2D eigenvalue weighted by Crippen LogP contribution is -2.20. The number of halogens is 1. The van der Waals surface area contributed by atoms with E-state index in [2.05, 4.69) is 10.3 Å². The molecule has 1 aromatic heterocycles. The van der Waals surface area contributed by atoms with Gasteiger partial charge in [0.25, 0.3) is 0 Å². The molecule has 1 heterocycles. The molecule has 3 aromatic rings. The number of nitrogens with one attached hydrogen (secondary N) is 1. The molecule has 0 saturated carbocycles. The molecule has 1 amide bonds. The third-order valence-corrected chi connectivity index (χ3v) is 3.80. The van der Waals surface area contributed by atoms with Gasteiger partial charge in [0.15, 0.2) is 0 Å². The van der Waals surface area contributed by atoms with Gasteiger partial charge in [0.05, 0.1) is 0 Å². The van der Waals surface area contributed by atoms with E-state index >= 15 is 0 Å². The molecular weight excluding hydrogens is 317 g/mol. The summed E-state index contributed by atoms with van der Waals surface area (Å²) in [5.74, 6) is 0.432. The average Bonchev–Trinajstić information content (AvgIpc) is 3.06. The fourth-order valence-electron chi connectivity index (χ4n) is 2.42. The van der Waals surface area contributed by atoms with Gasteiger partial charge < -0.3 is 9.88 Å². The maximum atomic E-state index is 12.8. The highest BCUT2D eigenvalue weighted by Gasteiger charge is 2.01. The molecule has 126 valence electrons. The molecular formula is C20H18FN3O. The van der Waals surface area contributed by atoms with Crippen LogP contribution in [-0.2, 0) is 11.3 Å². The number of carbonyl (C=O) groups is 1. The highest BCUT2D eigenvalue weighted by Crippen LogP contribution is 2.11. The van der Waals surface area contributed by atoms with Crippen LogP contribution in [0.25, 0.3) is 11.8 Å². The van der Waals surface area contributed by atoms with Crippen molar-refractivity contribution in [1.29, 1.82) is 0 Å². The Kier molecular flexibility index (Phi) is 5.04. The number of aromatic nitrogens is 2. The summed E-state index contributed by atoms with van der Waals surface area (Å²) in [4.78, 5) is 16.1. The van der Waals surface area contributed by atoms with Crippen molar-refractivity contribution in [2.24, 2.45) is 0 Å². The van der Waals surface area contributed by atoms with Gasteiger partial charge >= 0.3 is 0 Å². The number of benzene rings is 2. The molecule has 25 heavy (non-hydrogen) atoms. The molecule has 0 saturated heterocycles. The van der Waals surface area contributed by atoms with E-state index in [-0.39, 0.29) is 11.7 Å². The molecule has 0 radical (unpaired) electrons. The normalized spacial score (nSPS) is 11.0. The van der Waals surface area contributed by atoms with Crippen LogP contribution in [0, 0.1) is 12.7 Å². The van der Waals surface area contributed by atoms with Crippen LogP contribution >= 0.6 is 0 Å². The standard InChI is InChI=1S/C20H18FN3O/c1-15-22-12-13-24(15)19-9-4-17(5-10-19)14-23-20(25)11-6-16-2-7-18(21)8-3-16/h2-13H,14H2,1H3,(H,23,25)/b11-6+. The quantitative estimate of drug-likeness (QED) is 0.724. The van der Waals surface area contributed by atoms with Crippen LogP contribution in [0.1, 0.15) is 17.0 Å². The first-order valence-corrected chi connectivity index (χ1v) is 7.92. The SMILES string of the molecule is Cc1nccn1-c1ccc(CNC(=O)/C=C/c2ccc(F)cc2)cc1. The Morgan fingerprint density at radius 1 is 1.16 bits per heavy atom. The zero-order valence-electron chi connectivity index (χ0n) is 13.8. The molecule has 1 N–H and O–H groups in total. The van der Waals surface area contributed by atoms with Gasteiger partial charge in [-0.3, -0.25) is 4.79 Å².